The van der Waals surface area contributed by atoms with Crippen LogP contribution in [-0.2, 0) is 6.42 Å². The number of anilines is 1. The number of aromatic nitrogens is 3. The molecule has 3 aromatic heterocycles. The van der Waals surface area contributed by atoms with E-state index in [4.69, 9.17) is 0 Å². The fourth-order valence-electron chi connectivity index (χ4n) is 3.65. The summed E-state index contributed by atoms with van der Waals surface area (Å²) < 4.78 is 13.3. The monoisotopic (exact) mass is 401 g/mol. The normalized spacial score (nSPS) is 13.0. The van der Waals surface area contributed by atoms with Gasteiger partial charge in [-0.25, -0.2) is 9.37 Å². The van der Waals surface area contributed by atoms with Crippen LogP contribution in [0.1, 0.15) is 26.3 Å². The number of H-pyrrole nitrogens is 1. The molecule has 30 heavy (non-hydrogen) atoms. The first-order valence-electron chi connectivity index (χ1n) is 9.39. The predicted octanol–water partition coefficient (Wildman–Crippen LogP) is 3.30. The lowest BCUT2D eigenvalue weighted by Crippen LogP contribution is -2.31. The van der Waals surface area contributed by atoms with Crippen molar-refractivity contribution in [2.45, 2.75) is 6.42 Å². The van der Waals surface area contributed by atoms with Gasteiger partial charge in [-0.05, 0) is 29.7 Å². The summed E-state index contributed by atoms with van der Waals surface area (Å²) in [5.41, 5.74) is 4.74. The van der Waals surface area contributed by atoms with E-state index in [2.05, 4.69) is 25.6 Å². The Hall–Kier alpha value is -4.07. The Morgan fingerprint density at radius 1 is 1.10 bits per heavy atom. The number of rotatable bonds is 3. The summed E-state index contributed by atoms with van der Waals surface area (Å²) >= 11 is 0. The molecule has 148 valence electrons. The van der Waals surface area contributed by atoms with Gasteiger partial charge in [-0.3, -0.25) is 14.6 Å². The van der Waals surface area contributed by atoms with Crippen LogP contribution in [0.25, 0.3) is 22.2 Å². The highest BCUT2D eigenvalue weighted by Crippen LogP contribution is 2.30. The van der Waals surface area contributed by atoms with Crippen LogP contribution in [0.15, 0.2) is 55.1 Å². The van der Waals surface area contributed by atoms with Gasteiger partial charge in [0.05, 0.1) is 23.6 Å². The van der Waals surface area contributed by atoms with Gasteiger partial charge >= 0.3 is 0 Å². The van der Waals surface area contributed by atoms with Crippen LogP contribution in [0.2, 0.25) is 0 Å². The predicted molar refractivity (Wildman–Crippen MR) is 110 cm³/mol. The van der Waals surface area contributed by atoms with Crippen molar-refractivity contribution >= 4 is 28.5 Å². The molecule has 3 N–H and O–H groups in total. The van der Waals surface area contributed by atoms with Gasteiger partial charge in [0.15, 0.2) is 0 Å². The Kier molecular flexibility index (Phi) is 4.24. The van der Waals surface area contributed by atoms with Gasteiger partial charge < -0.3 is 15.6 Å². The van der Waals surface area contributed by atoms with Crippen LogP contribution in [0.4, 0.5) is 10.1 Å². The van der Waals surface area contributed by atoms with E-state index in [1.54, 1.807) is 6.07 Å². The number of amides is 2. The van der Waals surface area contributed by atoms with Crippen molar-refractivity contribution in [3.8, 4) is 11.1 Å². The van der Waals surface area contributed by atoms with Gasteiger partial charge in [-0.1, -0.05) is 12.1 Å². The number of halogens is 1. The van der Waals surface area contributed by atoms with Crippen molar-refractivity contribution in [2.24, 2.45) is 0 Å². The number of carbonyl (C=O) groups is 2. The van der Waals surface area contributed by atoms with Gasteiger partial charge in [0.25, 0.3) is 11.8 Å². The van der Waals surface area contributed by atoms with Crippen LogP contribution in [0.3, 0.4) is 0 Å². The van der Waals surface area contributed by atoms with Crippen LogP contribution in [-0.4, -0.2) is 33.3 Å². The van der Waals surface area contributed by atoms with Crippen molar-refractivity contribution in [3.63, 3.8) is 0 Å². The second-order valence-electron chi connectivity index (χ2n) is 7.05. The van der Waals surface area contributed by atoms with E-state index in [0.717, 1.165) is 34.7 Å². The summed E-state index contributed by atoms with van der Waals surface area (Å²) in [6.07, 6.45) is 6.50. The first-order chi connectivity index (χ1) is 14.6. The minimum Gasteiger partial charge on any atom is -0.352 e. The lowest BCUT2D eigenvalue weighted by Gasteiger charge is -2.17. The molecule has 0 atom stereocenters. The second kappa shape index (κ2) is 7.07. The fourth-order valence-corrected chi connectivity index (χ4v) is 3.65. The van der Waals surface area contributed by atoms with E-state index in [0.29, 0.717) is 23.3 Å². The highest BCUT2D eigenvalue weighted by molar-refractivity contribution is 6.07. The zero-order valence-electron chi connectivity index (χ0n) is 15.7. The zero-order chi connectivity index (χ0) is 20.7. The van der Waals surface area contributed by atoms with E-state index in [1.165, 1.54) is 18.5 Å². The summed E-state index contributed by atoms with van der Waals surface area (Å²) in [4.78, 5) is 35.8. The lowest BCUT2D eigenvalue weighted by molar-refractivity contribution is 0.0945. The minimum atomic E-state index is -0.532. The molecule has 0 aliphatic carbocycles. The molecule has 0 fully saturated rings. The molecular formula is C22H16FN5O2. The van der Waals surface area contributed by atoms with E-state index < -0.39 is 11.7 Å². The van der Waals surface area contributed by atoms with Crippen LogP contribution >= 0.6 is 0 Å². The summed E-state index contributed by atoms with van der Waals surface area (Å²) in [5, 5.41) is 6.24. The standard InChI is InChI=1S/C22H16FN5O2/c23-15-7-16(10-24-9-15)28-21(29)14-6-18-19(11-27-20(18)26-8-14)12-1-2-17-13(5-12)3-4-25-22(17)30/h1-2,5-11H,3-4H2,(H,25,30)(H,26,27)(H,28,29). The summed E-state index contributed by atoms with van der Waals surface area (Å²) in [7, 11) is 0. The molecule has 4 aromatic rings. The quantitative estimate of drug-likeness (QED) is 0.490. The Labute approximate surface area is 170 Å². The summed E-state index contributed by atoms with van der Waals surface area (Å²) in [6, 6.07) is 8.64. The number of hydrogen-bond acceptors (Lipinski definition) is 4. The van der Waals surface area contributed by atoms with Gasteiger partial charge in [-0.2, -0.15) is 0 Å². The molecule has 0 unspecified atom stereocenters. The summed E-state index contributed by atoms with van der Waals surface area (Å²) in [6.45, 7) is 0.615. The number of nitrogens with zero attached hydrogens (tertiary/aromatic N) is 2. The van der Waals surface area contributed by atoms with Crippen molar-refractivity contribution < 1.29 is 14.0 Å². The Morgan fingerprint density at radius 3 is 2.87 bits per heavy atom. The highest BCUT2D eigenvalue weighted by atomic mass is 19.1. The maximum Gasteiger partial charge on any atom is 0.257 e. The molecule has 0 saturated carbocycles. The third-order valence-electron chi connectivity index (χ3n) is 5.10. The third kappa shape index (κ3) is 3.18. The van der Waals surface area contributed by atoms with Gasteiger partial charge in [0.1, 0.15) is 11.5 Å². The molecule has 5 rings (SSSR count). The number of hydrogen-bond donors (Lipinski definition) is 3. The molecule has 2 amide bonds. The fraction of sp³-hybridized carbons (Fsp3) is 0.0909. The molecule has 8 heteroatoms. The zero-order valence-corrected chi connectivity index (χ0v) is 15.7. The van der Waals surface area contributed by atoms with Crippen molar-refractivity contribution in [2.75, 3.05) is 11.9 Å². The number of pyridine rings is 2. The SMILES string of the molecule is O=C(Nc1cncc(F)c1)c1cnc2[nH]cc(-c3ccc4c(c3)CCNC4=O)c2c1. The van der Waals surface area contributed by atoms with Crippen LogP contribution < -0.4 is 10.6 Å². The molecule has 7 nitrogen and oxygen atoms in total. The lowest BCUT2D eigenvalue weighted by atomic mass is 9.95. The maximum atomic E-state index is 13.3. The highest BCUT2D eigenvalue weighted by Gasteiger charge is 2.18. The largest absolute Gasteiger partial charge is 0.352 e. The molecule has 0 radical (unpaired) electrons. The number of carbonyl (C=O) groups excluding carboxylic acids is 2. The van der Waals surface area contributed by atoms with Crippen molar-refractivity contribution in [3.05, 3.63) is 77.6 Å². The van der Waals surface area contributed by atoms with Crippen molar-refractivity contribution in [1.29, 1.82) is 0 Å². The summed E-state index contributed by atoms with van der Waals surface area (Å²) in [5.74, 6) is -1.00. The average Bonchev–Trinajstić information content (AvgIpc) is 3.17. The number of aromatic amines is 1. The Bertz CT molecular complexity index is 1310. The third-order valence-corrected chi connectivity index (χ3v) is 5.10. The average molecular weight is 401 g/mol. The number of fused-ring (bicyclic) bond motifs is 2. The molecule has 0 bridgehead atoms. The van der Waals surface area contributed by atoms with Gasteiger partial charge in [-0.15, -0.1) is 0 Å². The Balaban J connectivity index is 1.50. The molecule has 4 heterocycles. The number of benzene rings is 1. The Morgan fingerprint density at radius 2 is 2.00 bits per heavy atom. The van der Waals surface area contributed by atoms with E-state index in [9.17, 15) is 14.0 Å². The molecule has 0 spiro atoms. The van der Waals surface area contributed by atoms with Gasteiger partial charge in [0, 0.05) is 41.5 Å². The van der Waals surface area contributed by atoms with E-state index >= 15 is 0 Å². The van der Waals surface area contributed by atoms with E-state index in [1.807, 2.05) is 24.4 Å². The molecular weight excluding hydrogens is 385 g/mol. The second-order valence-corrected chi connectivity index (χ2v) is 7.05. The molecule has 1 aliphatic rings. The molecule has 1 aliphatic heterocycles. The topological polar surface area (TPSA) is 99.8 Å². The first kappa shape index (κ1) is 18.0. The minimum absolute atomic E-state index is 0.0609. The van der Waals surface area contributed by atoms with Gasteiger partial charge in [0.2, 0.25) is 0 Å². The number of nitrogens with one attached hydrogen (secondary N) is 3. The first-order valence-corrected chi connectivity index (χ1v) is 9.39. The maximum absolute atomic E-state index is 13.3. The van der Waals surface area contributed by atoms with E-state index in [-0.39, 0.29) is 11.6 Å². The molecule has 0 saturated heterocycles. The smallest absolute Gasteiger partial charge is 0.257 e. The van der Waals surface area contributed by atoms with Crippen LogP contribution in [0.5, 0.6) is 0 Å². The van der Waals surface area contributed by atoms with Crippen molar-refractivity contribution in [1.82, 2.24) is 20.3 Å². The molecule has 1 aromatic carbocycles. The van der Waals surface area contributed by atoms with Crippen LogP contribution in [0, 0.1) is 5.82 Å².